The number of carbonyl (C=O) groups is 1. The number of carbonyl (C=O) groups excluding carboxylic acids is 1. The van der Waals surface area contributed by atoms with E-state index < -0.39 is 0 Å². The Labute approximate surface area is 129 Å². The van der Waals surface area contributed by atoms with Crippen LogP contribution in [0.15, 0.2) is 24.3 Å². The summed E-state index contributed by atoms with van der Waals surface area (Å²) >= 11 is 0. The van der Waals surface area contributed by atoms with Crippen molar-refractivity contribution in [1.29, 1.82) is 0 Å². The quantitative estimate of drug-likeness (QED) is 0.769. The van der Waals surface area contributed by atoms with Crippen molar-refractivity contribution in [3.8, 4) is 0 Å². The van der Waals surface area contributed by atoms with Crippen molar-refractivity contribution in [2.45, 2.75) is 65.5 Å². The predicted molar refractivity (Wildman–Crippen MR) is 89.0 cm³/mol. The molecule has 3 N–H and O–H groups in total. The first-order chi connectivity index (χ1) is 9.97. The van der Waals surface area contributed by atoms with Gasteiger partial charge in [-0.3, -0.25) is 4.79 Å². The van der Waals surface area contributed by atoms with Crippen LogP contribution in [0, 0.1) is 5.92 Å². The van der Waals surface area contributed by atoms with E-state index in [1.807, 2.05) is 0 Å². The Balaban J connectivity index is 2.70. The number of aryl methyl sites for hydroxylation is 1. The second kappa shape index (κ2) is 8.83. The molecule has 2 atom stereocenters. The molecule has 1 aromatic carbocycles. The first-order valence-electron chi connectivity index (χ1n) is 8.11. The van der Waals surface area contributed by atoms with Crippen molar-refractivity contribution < 1.29 is 4.79 Å². The maximum Gasteiger partial charge on any atom is 0.222 e. The third-order valence-electron chi connectivity index (χ3n) is 3.84. The summed E-state index contributed by atoms with van der Waals surface area (Å²) in [5, 5.41) is 3.14. The van der Waals surface area contributed by atoms with Crippen LogP contribution in [-0.4, -0.2) is 11.9 Å². The molecule has 0 fully saturated rings. The largest absolute Gasteiger partial charge is 0.349 e. The Bertz CT molecular complexity index is 425. The second-order valence-electron chi connectivity index (χ2n) is 6.14. The third-order valence-corrected chi connectivity index (χ3v) is 3.84. The highest BCUT2D eigenvalue weighted by atomic mass is 16.1. The fraction of sp³-hybridized carbons (Fsp3) is 0.611. The lowest BCUT2D eigenvalue weighted by atomic mass is 9.94. The Kier molecular flexibility index (Phi) is 7.44. The summed E-state index contributed by atoms with van der Waals surface area (Å²) in [6.45, 7) is 8.49. The maximum atomic E-state index is 12.1. The molecule has 0 aliphatic rings. The van der Waals surface area contributed by atoms with Gasteiger partial charge in [-0.25, -0.2) is 0 Å². The van der Waals surface area contributed by atoms with Crippen molar-refractivity contribution in [1.82, 2.24) is 5.32 Å². The molecule has 3 heteroatoms. The van der Waals surface area contributed by atoms with Gasteiger partial charge in [0.1, 0.15) is 0 Å². The van der Waals surface area contributed by atoms with Crippen molar-refractivity contribution >= 4 is 5.91 Å². The molecule has 0 aromatic heterocycles. The first-order valence-corrected chi connectivity index (χ1v) is 8.11. The van der Waals surface area contributed by atoms with Gasteiger partial charge in [0.15, 0.2) is 0 Å². The molecule has 0 saturated heterocycles. The van der Waals surface area contributed by atoms with Crippen LogP contribution in [0.25, 0.3) is 0 Å². The van der Waals surface area contributed by atoms with Crippen molar-refractivity contribution in [2.24, 2.45) is 11.7 Å². The standard InChI is InChI=1S/C18H30N2O/c1-5-7-16(19)12-17(21)20-18(13(3)4)15-10-8-14(6-2)9-11-15/h8-11,13,16,18H,5-7,12,19H2,1-4H3,(H,20,21). The minimum absolute atomic E-state index is 0.0368. The fourth-order valence-electron chi connectivity index (χ4n) is 2.54. The SMILES string of the molecule is CCCC(N)CC(=O)NC(c1ccc(CC)cc1)C(C)C. The molecular formula is C18H30N2O. The lowest BCUT2D eigenvalue weighted by Gasteiger charge is -2.24. The molecule has 0 saturated carbocycles. The number of benzene rings is 1. The highest BCUT2D eigenvalue weighted by Gasteiger charge is 2.19. The van der Waals surface area contributed by atoms with E-state index in [9.17, 15) is 4.79 Å². The molecule has 21 heavy (non-hydrogen) atoms. The van der Waals surface area contributed by atoms with E-state index >= 15 is 0 Å². The van der Waals surface area contributed by atoms with Gasteiger partial charge in [0.25, 0.3) is 0 Å². The molecule has 0 heterocycles. The molecule has 1 amide bonds. The number of nitrogens with one attached hydrogen (secondary N) is 1. The van der Waals surface area contributed by atoms with E-state index in [0.29, 0.717) is 12.3 Å². The van der Waals surface area contributed by atoms with Crippen LogP contribution in [0.3, 0.4) is 0 Å². The number of hydrogen-bond donors (Lipinski definition) is 2. The number of nitrogens with two attached hydrogens (primary N) is 1. The molecule has 2 unspecified atom stereocenters. The van der Waals surface area contributed by atoms with E-state index in [2.05, 4.69) is 57.3 Å². The summed E-state index contributed by atoms with van der Waals surface area (Å²) in [6.07, 6.45) is 3.35. The zero-order valence-electron chi connectivity index (χ0n) is 13.9. The lowest BCUT2D eigenvalue weighted by molar-refractivity contribution is -0.122. The van der Waals surface area contributed by atoms with Gasteiger partial charge in [-0.1, -0.05) is 58.4 Å². The van der Waals surface area contributed by atoms with E-state index in [0.717, 1.165) is 19.3 Å². The van der Waals surface area contributed by atoms with Gasteiger partial charge in [-0.05, 0) is 29.9 Å². The topological polar surface area (TPSA) is 55.1 Å². The number of hydrogen-bond acceptors (Lipinski definition) is 2. The summed E-state index contributed by atoms with van der Waals surface area (Å²) in [7, 11) is 0. The highest BCUT2D eigenvalue weighted by Crippen LogP contribution is 2.22. The third kappa shape index (κ3) is 5.88. The molecule has 0 aliphatic carbocycles. The molecule has 1 rings (SSSR count). The van der Waals surface area contributed by atoms with Crippen LogP contribution in [0.1, 0.15) is 64.1 Å². The van der Waals surface area contributed by atoms with Crippen molar-refractivity contribution in [3.63, 3.8) is 0 Å². The average Bonchev–Trinajstić information content (AvgIpc) is 2.45. The Morgan fingerprint density at radius 1 is 1.19 bits per heavy atom. The molecule has 0 radical (unpaired) electrons. The van der Waals surface area contributed by atoms with E-state index in [-0.39, 0.29) is 18.0 Å². The Morgan fingerprint density at radius 3 is 2.29 bits per heavy atom. The smallest absolute Gasteiger partial charge is 0.222 e. The normalized spacial score (nSPS) is 14.0. The molecule has 0 aliphatic heterocycles. The summed E-state index contributed by atoms with van der Waals surface area (Å²) in [4.78, 5) is 12.1. The summed E-state index contributed by atoms with van der Waals surface area (Å²) in [5.74, 6) is 0.401. The Morgan fingerprint density at radius 2 is 1.81 bits per heavy atom. The zero-order valence-corrected chi connectivity index (χ0v) is 13.9. The molecule has 0 bridgehead atoms. The van der Waals surface area contributed by atoms with Gasteiger partial charge in [-0.2, -0.15) is 0 Å². The zero-order chi connectivity index (χ0) is 15.8. The van der Waals surface area contributed by atoms with Gasteiger partial charge in [0, 0.05) is 12.5 Å². The second-order valence-corrected chi connectivity index (χ2v) is 6.14. The minimum Gasteiger partial charge on any atom is -0.349 e. The van der Waals surface area contributed by atoms with Crippen LogP contribution < -0.4 is 11.1 Å². The Hall–Kier alpha value is -1.35. The summed E-state index contributed by atoms with van der Waals surface area (Å²) < 4.78 is 0. The summed E-state index contributed by atoms with van der Waals surface area (Å²) in [6, 6.07) is 8.53. The van der Waals surface area contributed by atoms with E-state index in [4.69, 9.17) is 5.73 Å². The monoisotopic (exact) mass is 290 g/mol. The molecular weight excluding hydrogens is 260 g/mol. The fourth-order valence-corrected chi connectivity index (χ4v) is 2.54. The van der Waals surface area contributed by atoms with Crippen LogP contribution in [0.2, 0.25) is 0 Å². The van der Waals surface area contributed by atoms with Gasteiger partial charge in [-0.15, -0.1) is 0 Å². The van der Waals surface area contributed by atoms with Crippen LogP contribution in [-0.2, 0) is 11.2 Å². The van der Waals surface area contributed by atoms with Gasteiger partial charge >= 0.3 is 0 Å². The summed E-state index contributed by atoms with van der Waals surface area (Å²) in [5.41, 5.74) is 8.44. The highest BCUT2D eigenvalue weighted by molar-refractivity contribution is 5.77. The minimum atomic E-state index is -0.0368. The molecule has 3 nitrogen and oxygen atoms in total. The number of rotatable bonds is 8. The van der Waals surface area contributed by atoms with Crippen molar-refractivity contribution in [2.75, 3.05) is 0 Å². The predicted octanol–water partition coefficient (Wildman–Crippen LogP) is 3.58. The molecule has 0 spiro atoms. The lowest BCUT2D eigenvalue weighted by Crippen LogP contribution is -2.36. The molecule has 118 valence electrons. The van der Waals surface area contributed by atoms with Gasteiger partial charge in [0.05, 0.1) is 6.04 Å². The van der Waals surface area contributed by atoms with Crippen molar-refractivity contribution in [3.05, 3.63) is 35.4 Å². The van der Waals surface area contributed by atoms with Crippen LogP contribution in [0.4, 0.5) is 0 Å². The van der Waals surface area contributed by atoms with E-state index in [1.165, 1.54) is 11.1 Å². The van der Waals surface area contributed by atoms with E-state index in [1.54, 1.807) is 0 Å². The van der Waals surface area contributed by atoms with Gasteiger partial charge < -0.3 is 11.1 Å². The molecule has 1 aromatic rings. The van der Waals surface area contributed by atoms with Crippen LogP contribution >= 0.6 is 0 Å². The number of amides is 1. The van der Waals surface area contributed by atoms with Crippen LogP contribution in [0.5, 0.6) is 0 Å². The maximum absolute atomic E-state index is 12.1. The average molecular weight is 290 g/mol. The first kappa shape index (κ1) is 17.7. The van der Waals surface area contributed by atoms with Gasteiger partial charge in [0.2, 0.25) is 5.91 Å².